The Kier molecular flexibility index (Phi) is 3.74. The molecule has 110 valence electrons. The van der Waals surface area contributed by atoms with Gasteiger partial charge < -0.3 is 10.3 Å². The number of benzene rings is 2. The summed E-state index contributed by atoms with van der Waals surface area (Å²) < 4.78 is 0. The zero-order valence-corrected chi connectivity index (χ0v) is 12.2. The summed E-state index contributed by atoms with van der Waals surface area (Å²) in [6.07, 6.45) is 0. The van der Waals surface area contributed by atoms with E-state index in [-0.39, 0.29) is 16.8 Å². The van der Waals surface area contributed by atoms with Crippen LogP contribution in [0.1, 0.15) is 22.8 Å². The topological polar surface area (TPSA) is 62.0 Å². The third-order valence-electron chi connectivity index (χ3n) is 3.57. The minimum absolute atomic E-state index is 0.176. The summed E-state index contributed by atoms with van der Waals surface area (Å²) in [5, 5.41) is 3.69. The number of carbonyl (C=O) groups excluding carboxylic acids is 1. The lowest BCUT2D eigenvalue weighted by Gasteiger charge is -2.12. The van der Waals surface area contributed by atoms with Crippen molar-refractivity contribution in [3.63, 3.8) is 0 Å². The Morgan fingerprint density at radius 2 is 1.73 bits per heavy atom. The van der Waals surface area contributed by atoms with Gasteiger partial charge in [0.2, 0.25) is 5.43 Å². The van der Waals surface area contributed by atoms with Crippen LogP contribution in [0.15, 0.2) is 59.4 Å². The van der Waals surface area contributed by atoms with E-state index in [1.165, 1.54) is 6.92 Å². The van der Waals surface area contributed by atoms with Crippen LogP contribution in [0.2, 0.25) is 0 Å². The number of hydrogen-bond donors (Lipinski definition) is 2. The van der Waals surface area contributed by atoms with Crippen molar-refractivity contribution in [3.05, 3.63) is 75.9 Å². The van der Waals surface area contributed by atoms with E-state index in [2.05, 4.69) is 10.3 Å². The summed E-state index contributed by atoms with van der Waals surface area (Å²) in [6.45, 7) is 1.95. The number of ketones is 1. The molecule has 0 saturated heterocycles. The zero-order chi connectivity index (χ0) is 15.5. The lowest BCUT2D eigenvalue weighted by Crippen LogP contribution is -2.18. The predicted octanol–water partition coefficient (Wildman–Crippen LogP) is 3.34. The molecular weight excluding hydrogens is 276 g/mol. The maximum atomic E-state index is 12.5. The van der Waals surface area contributed by atoms with Crippen LogP contribution >= 0.6 is 0 Å². The van der Waals surface area contributed by atoms with E-state index < -0.39 is 0 Å². The van der Waals surface area contributed by atoms with Crippen molar-refractivity contribution in [2.24, 2.45) is 0 Å². The highest BCUT2D eigenvalue weighted by atomic mass is 16.1. The monoisotopic (exact) mass is 292 g/mol. The van der Waals surface area contributed by atoms with Crippen LogP contribution in [0, 0.1) is 0 Å². The molecule has 0 radical (unpaired) electrons. The number of aromatic nitrogens is 1. The molecule has 4 heteroatoms. The first-order chi connectivity index (χ1) is 10.7. The Morgan fingerprint density at radius 3 is 2.45 bits per heavy atom. The molecule has 0 bridgehead atoms. The third-order valence-corrected chi connectivity index (χ3v) is 3.57. The lowest BCUT2D eigenvalue weighted by atomic mass is 10.1. The number of aromatic amines is 1. The summed E-state index contributed by atoms with van der Waals surface area (Å²) in [5.74, 6) is 0.225. The van der Waals surface area contributed by atoms with Crippen LogP contribution in [0.3, 0.4) is 0 Å². The highest BCUT2D eigenvalue weighted by Gasteiger charge is 2.15. The van der Waals surface area contributed by atoms with Crippen LogP contribution in [0.4, 0.5) is 5.82 Å². The average molecular weight is 292 g/mol. The molecule has 0 saturated carbocycles. The fourth-order valence-corrected chi connectivity index (χ4v) is 2.49. The van der Waals surface area contributed by atoms with Crippen molar-refractivity contribution in [1.29, 1.82) is 0 Å². The summed E-state index contributed by atoms with van der Waals surface area (Å²) in [6, 6.07) is 17.0. The molecule has 4 nitrogen and oxygen atoms in total. The summed E-state index contributed by atoms with van der Waals surface area (Å²) in [7, 11) is 0. The van der Waals surface area contributed by atoms with E-state index in [0.29, 0.717) is 23.3 Å². The average Bonchev–Trinajstić information content (AvgIpc) is 2.53. The quantitative estimate of drug-likeness (QED) is 0.725. The minimum atomic E-state index is -0.248. The highest BCUT2D eigenvalue weighted by molar-refractivity contribution is 6.02. The highest BCUT2D eigenvalue weighted by Crippen LogP contribution is 2.17. The largest absolute Gasteiger partial charge is 0.367 e. The van der Waals surface area contributed by atoms with Crippen LogP contribution < -0.4 is 10.7 Å². The van der Waals surface area contributed by atoms with Gasteiger partial charge in [-0.25, -0.2) is 0 Å². The van der Waals surface area contributed by atoms with E-state index in [4.69, 9.17) is 0 Å². The smallest absolute Gasteiger partial charge is 0.202 e. The molecule has 0 atom stereocenters. The summed E-state index contributed by atoms with van der Waals surface area (Å²) in [4.78, 5) is 27.6. The maximum Gasteiger partial charge on any atom is 0.202 e. The van der Waals surface area contributed by atoms with Crippen LogP contribution in [-0.4, -0.2) is 10.8 Å². The molecule has 2 aromatic carbocycles. The molecule has 1 heterocycles. The standard InChI is InChI=1S/C18H16N2O2/c1-12(21)16-17(22)14-9-5-6-10-15(14)20-18(16)19-11-13-7-3-2-4-8-13/h2-10H,11H2,1H3,(H2,19,20,22). The van der Waals surface area contributed by atoms with E-state index in [1.54, 1.807) is 12.1 Å². The molecule has 0 fully saturated rings. The van der Waals surface area contributed by atoms with Gasteiger partial charge in [0.05, 0.1) is 5.52 Å². The molecule has 0 unspecified atom stereocenters. The van der Waals surface area contributed by atoms with Gasteiger partial charge in [-0.2, -0.15) is 0 Å². The van der Waals surface area contributed by atoms with Crippen LogP contribution in [0.25, 0.3) is 10.9 Å². The van der Waals surface area contributed by atoms with Gasteiger partial charge in [0.1, 0.15) is 11.4 Å². The van der Waals surface area contributed by atoms with Gasteiger partial charge in [-0.1, -0.05) is 42.5 Å². The first kappa shape index (κ1) is 14.1. The van der Waals surface area contributed by atoms with E-state index >= 15 is 0 Å². The van der Waals surface area contributed by atoms with Gasteiger partial charge in [-0.05, 0) is 24.6 Å². The maximum absolute atomic E-state index is 12.5. The second-order valence-corrected chi connectivity index (χ2v) is 5.15. The normalized spacial score (nSPS) is 10.6. The number of fused-ring (bicyclic) bond motifs is 1. The Morgan fingerprint density at radius 1 is 1.05 bits per heavy atom. The number of para-hydroxylation sites is 1. The molecule has 0 amide bonds. The fourth-order valence-electron chi connectivity index (χ4n) is 2.49. The Hall–Kier alpha value is -2.88. The van der Waals surface area contributed by atoms with Crippen molar-refractivity contribution < 1.29 is 4.79 Å². The van der Waals surface area contributed by atoms with Gasteiger partial charge in [-0.15, -0.1) is 0 Å². The van der Waals surface area contributed by atoms with Gasteiger partial charge in [0.25, 0.3) is 0 Å². The van der Waals surface area contributed by atoms with E-state index in [1.807, 2.05) is 42.5 Å². The molecule has 0 aliphatic carbocycles. The molecule has 0 spiro atoms. The van der Waals surface area contributed by atoms with Crippen molar-refractivity contribution in [3.8, 4) is 0 Å². The molecule has 1 aromatic heterocycles. The minimum Gasteiger partial charge on any atom is -0.367 e. The number of hydrogen-bond acceptors (Lipinski definition) is 3. The fraction of sp³-hybridized carbons (Fsp3) is 0.111. The number of nitrogens with one attached hydrogen (secondary N) is 2. The third kappa shape index (κ3) is 2.63. The van der Waals surface area contributed by atoms with Crippen molar-refractivity contribution >= 4 is 22.5 Å². The number of carbonyl (C=O) groups is 1. The molecular formula is C18H16N2O2. The number of Topliss-reactive ketones (excluding diaryl/α,β-unsaturated/α-hetero) is 1. The number of H-pyrrole nitrogens is 1. The second kappa shape index (κ2) is 5.85. The number of rotatable bonds is 4. The molecule has 0 aliphatic heterocycles. The van der Waals surface area contributed by atoms with Crippen molar-refractivity contribution in [1.82, 2.24) is 4.98 Å². The van der Waals surface area contributed by atoms with Crippen molar-refractivity contribution in [2.45, 2.75) is 13.5 Å². The lowest BCUT2D eigenvalue weighted by molar-refractivity contribution is 0.101. The Labute approximate surface area is 127 Å². The van der Waals surface area contributed by atoms with Crippen LogP contribution in [0.5, 0.6) is 0 Å². The second-order valence-electron chi connectivity index (χ2n) is 5.15. The predicted molar refractivity (Wildman–Crippen MR) is 88.3 cm³/mol. The Balaban J connectivity index is 2.06. The SMILES string of the molecule is CC(=O)c1c(NCc2ccccc2)[nH]c2ccccc2c1=O. The van der Waals surface area contributed by atoms with Crippen LogP contribution in [-0.2, 0) is 6.54 Å². The van der Waals surface area contributed by atoms with Gasteiger partial charge in [-0.3, -0.25) is 9.59 Å². The molecule has 0 aliphatic rings. The van der Waals surface area contributed by atoms with Gasteiger partial charge >= 0.3 is 0 Å². The Bertz CT molecular complexity index is 882. The molecule has 22 heavy (non-hydrogen) atoms. The molecule has 3 rings (SSSR count). The summed E-state index contributed by atoms with van der Waals surface area (Å²) in [5.41, 5.74) is 1.73. The van der Waals surface area contributed by atoms with Gasteiger partial charge in [0, 0.05) is 11.9 Å². The van der Waals surface area contributed by atoms with E-state index in [9.17, 15) is 9.59 Å². The van der Waals surface area contributed by atoms with Gasteiger partial charge in [0.15, 0.2) is 5.78 Å². The summed E-state index contributed by atoms with van der Waals surface area (Å²) >= 11 is 0. The van der Waals surface area contributed by atoms with E-state index in [0.717, 1.165) is 5.56 Å². The first-order valence-electron chi connectivity index (χ1n) is 7.10. The zero-order valence-electron chi connectivity index (χ0n) is 12.2. The van der Waals surface area contributed by atoms with Crippen molar-refractivity contribution in [2.75, 3.05) is 5.32 Å². The molecule has 2 N–H and O–H groups in total. The first-order valence-corrected chi connectivity index (χ1v) is 7.10. The molecule has 3 aromatic rings. The number of pyridine rings is 1. The number of anilines is 1.